The number of nitrogens with zero attached hydrogens (tertiary/aromatic N) is 1. The minimum absolute atomic E-state index is 0.0873. The molecule has 2 rings (SSSR count). The summed E-state index contributed by atoms with van der Waals surface area (Å²) in [6, 6.07) is 4.90. The van der Waals surface area contributed by atoms with Crippen LogP contribution in [0.2, 0.25) is 0 Å². The number of hydrogen-bond acceptors (Lipinski definition) is 1. The molecule has 0 saturated carbocycles. The zero-order chi connectivity index (χ0) is 15.9. The normalized spacial score (nSPS) is 11.7. The van der Waals surface area contributed by atoms with Crippen molar-refractivity contribution >= 4 is 5.97 Å². The second-order valence-electron chi connectivity index (χ2n) is 4.92. The van der Waals surface area contributed by atoms with Crippen LogP contribution in [0.1, 0.15) is 32.9 Å². The van der Waals surface area contributed by atoms with Gasteiger partial charge < -0.3 is 9.67 Å². The Hall–Kier alpha value is -2.24. The lowest BCUT2D eigenvalue weighted by atomic mass is 10.1. The molecule has 6 heteroatoms. The zero-order valence-corrected chi connectivity index (χ0v) is 11.7. The first-order valence-electron chi connectivity index (χ1n) is 6.23. The molecule has 1 N–H and O–H groups in total. The predicted octanol–water partition coefficient (Wildman–Crippen LogP) is 4.12. The van der Waals surface area contributed by atoms with Crippen molar-refractivity contribution in [2.45, 2.75) is 26.9 Å². The van der Waals surface area contributed by atoms with E-state index in [2.05, 4.69) is 0 Å². The second-order valence-corrected chi connectivity index (χ2v) is 4.92. The highest BCUT2D eigenvalue weighted by Gasteiger charge is 2.31. The van der Waals surface area contributed by atoms with E-state index in [4.69, 9.17) is 5.11 Å². The summed E-state index contributed by atoms with van der Waals surface area (Å²) in [5.41, 5.74) is 1.29. The van der Waals surface area contributed by atoms with Gasteiger partial charge >= 0.3 is 12.1 Å². The second kappa shape index (κ2) is 4.95. The van der Waals surface area contributed by atoms with Gasteiger partial charge in [0.05, 0.1) is 11.1 Å². The molecule has 0 aliphatic carbocycles. The average molecular weight is 297 g/mol. The summed E-state index contributed by atoms with van der Waals surface area (Å²) in [6.07, 6.45) is -4.44. The number of aryl methyl sites for hydroxylation is 2. The Kier molecular flexibility index (Phi) is 3.57. The lowest BCUT2D eigenvalue weighted by molar-refractivity contribution is -0.137. The SMILES string of the molecule is Cc1ccc(C(F)(F)F)cc1-n1c(C)cc(C(=O)O)c1C. The van der Waals surface area contributed by atoms with Crippen LogP contribution in [0.5, 0.6) is 0 Å². The third-order valence-electron chi connectivity index (χ3n) is 3.44. The maximum Gasteiger partial charge on any atom is 0.416 e. The van der Waals surface area contributed by atoms with Gasteiger partial charge in [0.25, 0.3) is 0 Å². The van der Waals surface area contributed by atoms with Gasteiger partial charge in [-0.1, -0.05) is 6.07 Å². The molecule has 0 fully saturated rings. The van der Waals surface area contributed by atoms with E-state index in [1.54, 1.807) is 20.8 Å². The molecule has 0 saturated heterocycles. The fourth-order valence-electron chi connectivity index (χ4n) is 2.38. The first-order chi connectivity index (χ1) is 9.62. The first kappa shape index (κ1) is 15.2. The van der Waals surface area contributed by atoms with Crippen molar-refractivity contribution in [1.29, 1.82) is 0 Å². The van der Waals surface area contributed by atoms with E-state index < -0.39 is 17.7 Å². The molecule has 0 bridgehead atoms. The summed E-state index contributed by atoms with van der Waals surface area (Å²) in [5.74, 6) is -1.10. The molecular weight excluding hydrogens is 283 g/mol. The standard InChI is InChI=1S/C15H14F3NO2/c1-8-4-5-11(15(16,17)18)7-13(8)19-9(2)6-12(10(19)3)14(20)21/h4-7H,1-3H3,(H,20,21). The van der Waals surface area contributed by atoms with Crippen molar-refractivity contribution in [3.63, 3.8) is 0 Å². The minimum Gasteiger partial charge on any atom is -0.478 e. The number of benzene rings is 1. The van der Waals surface area contributed by atoms with Gasteiger partial charge in [-0.05, 0) is 44.5 Å². The van der Waals surface area contributed by atoms with Gasteiger partial charge in [-0.3, -0.25) is 0 Å². The topological polar surface area (TPSA) is 42.2 Å². The zero-order valence-electron chi connectivity index (χ0n) is 11.7. The Labute approximate surface area is 119 Å². The number of aromatic nitrogens is 1. The van der Waals surface area contributed by atoms with Crippen molar-refractivity contribution in [2.75, 3.05) is 0 Å². The van der Waals surface area contributed by atoms with Gasteiger partial charge in [0, 0.05) is 17.1 Å². The third-order valence-corrected chi connectivity index (χ3v) is 3.44. The molecule has 1 heterocycles. The van der Waals surface area contributed by atoms with Crippen molar-refractivity contribution < 1.29 is 23.1 Å². The van der Waals surface area contributed by atoms with E-state index in [1.165, 1.54) is 16.7 Å². The van der Waals surface area contributed by atoms with Gasteiger partial charge in [0.15, 0.2) is 0 Å². The molecule has 0 aliphatic heterocycles. The monoisotopic (exact) mass is 297 g/mol. The molecular formula is C15H14F3NO2. The van der Waals surface area contributed by atoms with E-state index in [1.807, 2.05) is 0 Å². The van der Waals surface area contributed by atoms with Crippen LogP contribution < -0.4 is 0 Å². The number of rotatable bonds is 2. The first-order valence-corrected chi connectivity index (χ1v) is 6.23. The van der Waals surface area contributed by atoms with Crippen LogP contribution in [-0.2, 0) is 6.18 Å². The Bertz CT molecular complexity index is 714. The number of carbonyl (C=O) groups is 1. The van der Waals surface area contributed by atoms with Crippen LogP contribution in [0, 0.1) is 20.8 Å². The molecule has 1 aromatic carbocycles. The summed E-state index contributed by atoms with van der Waals surface area (Å²) >= 11 is 0. The lowest BCUT2D eigenvalue weighted by Crippen LogP contribution is -2.09. The number of hydrogen-bond donors (Lipinski definition) is 1. The average Bonchev–Trinajstić information content (AvgIpc) is 2.65. The van der Waals surface area contributed by atoms with Crippen LogP contribution in [0.3, 0.4) is 0 Å². The van der Waals surface area contributed by atoms with E-state index in [0.29, 0.717) is 22.6 Å². The summed E-state index contributed by atoms with van der Waals surface area (Å²) in [7, 11) is 0. The van der Waals surface area contributed by atoms with Gasteiger partial charge in [0.1, 0.15) is 0 Å². The Morgan fingerprint density at radius 1 is 1.14 bits per heavy atom. The smallest absolute Gasteiger partial charge is 0.416 e. The summed E-state index contributed by atoms with van der Waals surface area (Å²) in [6.45, 7) is 4.93. The fourth-order valence-corrected chi connectivity index (χ4v) is 2.38. The minimum atomic E-state index is -4.44. The van der Waals surface area contributed by atoms with E-state index in [-0.39, 0.29) is 5.56 Å². The molecule has 0 atom stereocenters. The molecule has 21 heavy (non-hydrogen) atoms. The summed E-state index contributed by atoms with van der Waals surface area (Å²) < 4.78 is 40.1. The summed E-state index contributed by atoms with van der Waals surface area (Å²) in [4.78, 5) is 11.1. The summed E-state index contributed by atoms with van der Waals surface area (Å²) in [5, 5.41) is 9.11. The highest BCUT2D eigenvalue weighted by molar-refractivity contribution is 5.89. The maximum atomic E-state index is 12.8. The molecule has 3 nitrogen and oxygen atoms in total. The van der Waals surface area contributed by atoms with E-state index in [0.717, 1.165) is 12.1 Å². The molecule has 1 aromatic heterocycles. The van der Waals surface area contributed by atoms with Gasteiger partial charge in [-0.25, -0.2) is 4.79 Å². The highest BCUT2D eigenvalue weighted by atomic mass is 19.4. The van der Waals surface area contributed by atoms with Crippen molar-refractivity contribution in [1.82, 2.24) is 4.57 Å². The van der Waals surface area contributed by atoms with Crippen LogP contribution in [0.25, 0.3) is 5.69 Å². The van der Waals surface area contributed by atoms with Gasteiger partial charge in [-0.15, -0.1) is 0 Å². The van der Waals surface area contributed by atoms with Crippen molar-refractivity contribution in [3.05, 3.63) is 52.3 Å². The Morgan fingerprint density at radius 3 is 2.24 bits per heavy atom. The molecule has 2 aromatic rings. The number of carboxylic acid groups (broad SMARTS) is 1. The largest absolute Gasteiger partial charge is 0.478 e. The Balaban J connectivity index is 2.70. The van der Waals surface area contributed by atoms with Crippen molar-refractivity contribution in [3.8, 4) is 5.69 Å². The lowest BCUT2D eigenvalue weighted by Gasteiger charge is -2.15. The molecule has 0 aliphatic rings. The molecule has 0 radical (unpaired) electrons. The molecule has 0 amide bonds. The predicted molar refractivity (Wildman–Crippen MR) is 71.9 cm³/mol. The molecule has 0 spiro atoms. The Morgan fingerprint density at radius 2 is 1.76 bits per heavy atom. The van der Waals surface area contributed by atoms with Crippen molar-refractivity contribution in [2.24, 2.45) is 0 Å². The fraction of sp³-hybridized carbons (Fsp3) is 0.267. The van der Waals surface area contributed by atoms with E-state index >= 15 is 0 Å². The number of carboxylic acids is 1. The molecule has 0 unspecified atom stereocenters. The quantitative estimate of drug-likeness (QED) is 0.906. The van der Waals surface area contributed by atoms with E-state index in [9.17, 15) is 18.0 Å². The van der Waals surface area contributed by atoms with Crippen LogP contribution in [0.4, 0.5) is 13.2 Å². The number of halogens is 3. The number of aromatic carboxylic acids is 1. The van der Waals surface area contributed by atoms with Crippen LogP contribution in [-0.4, -0.2) is 15.6 Å². The van der Waals surface area contributed by atoms with Gasteiger partial charge in [-0.2, -0.15) is 13.2 Å². The van der Waals surface area contributed by atoms with Crippen LogP contribution >= 0.6 is 0 Å². The van der Waals surface area contributed by atoms with Crippen LogP contribution in [0.15, 0.2) is 24.3 Å². The maximum absolute atomic E-state index is 12.8. The van der Waals surface area contributed by atoms with Gasteiger partial charge in [0.2, 0.25) is 0 Å². The third kappa shape index (κ3) is 2.66. The number of alkyl halides is 3. The molecule has 112 valence electrons. The highest BCUT2D eigenvalue weighted by Crippen LogP contribution is 2.32.